The minimum Gasteiger partial charge on any atom is -0.497 e. The fraction of sp³-hybridized carbons (Fsp3) is 0.382. The van der Waals surface area contributed by atoms with Gasteiger partial charge in [-0.25, -0.2) is 0 Å². The highest BCUT2D eigenvalue weighted by Gasteiger charge is 2.25. The Labute approximate surface area is 258 Å². The summed E-state index contributed by atoms with van der Waals surface area (Å²) in [5, 5.41) is 6.19. The number of anilines is 2. The second-order valence-corrected chi connectivity index (χ2v) is 11.4. The standard InChI is InChI=1S/C34H41N5O5/c1-43-28-8-3-6-23(20-28)33(41)37-30-22-24(32(40)36-27-13-11-26(35)12-14-27)10-15-31(30)38-16-5-17-39(19-18-38)34(42)25-7-4-9-29(21-25)44-2/h3-4,6-10,15,20-22,26-27H,5,11-14,16-19,35H2,1-2H3,(H,36,40)(H,37,41). The van der Waals surface area contributed by atoms with Crippen LogP contribution in [0.2, 0.25) is 0 Å². The van der Waals surface area contributed by atoms with Crippen LogP contribution in [0.1, 0.15) is 63.2 Å². The van der Waals surface area contributed by atoms with Crippen LogP contribution in [0.5, 0.6) is 11.5 Å². The van der Waals surface area contributed by atoms with Crippen LogP contribution in [0.15, 0.2) is 66.7 Å². The van der Waals surface area contributed by atoms with E-state index in [1.807, 2.05) is 23.1 Å². The number of nitrogens with one attached hydrogen (secondary N) is 2. The summed E-state index contributed by atoms with van der Waals surface area (Å²) in [5.74, 6) is 0.674. The molecular formula is C34H41N5O5. The lowest BCUT2D eigenvalue weighted by Gasteiger charge is -2.28. The molecule has 1 heterocycles. The molecule has 4 N–H and O–H groups in total. The van der Waals surface area contributed by atoms with E-state index in [1.54, 1.807) is 62.8 Å². The van der Waals surface area contributed by atoms with Crippen molar-refractivity contribution in [1.29, 1.82) is 0 Å². The number of amides is 3. The third-order valence-electron chi connectivity index (χ3n) is 8.39. The van der Waals surface area contributed by atoms with Crippen LogP contribution >= 0.6 is 0 Å². The van der Waals surface area contributed by atoms with E-state index in [2.05, 4.69) is 15.5 Å². The monoisotopic (exact) mass is 599 g/mol. The van der Waals surface area contributed by atoms with Gasteiger partial charge < -0.3 is 35.6 Å². The smallest absolute Gasteiger partial charge is 0.255 e. The molecule has 3 amide bonds. The van der Waals surface area contributed by atoms with Gasteiger partial charge in [0.25, 0.3) is 17.7 Å². The van der Waals surface area contributed by atoms with Crippen LogP contribution in [0.3, 0.4) is 0 Å². The lowest BCUT2D eigenvalue weighted by molar-refractivity contribution is 0.0766. The molecule has 0 atom stereocenters. The zero-order valence-corrected chi connectivity index (χ0v) is 25.4. The maximum atomic E-state index is 13.4. The maximum Gasteiger partial charge on any atom is 0.255 e. The van der Waals surface area contributed by atoms with Crippen molar-refractivity contribution in [3.63, 3.8) is 0 Å². The second-order valence-electron chi connectivity index (χ2n) is 11.4. The number of nitrogens with two attached hydrogens (primary N) is 1. The Balaban J connectivity index is 1.37. The number of benzene rings is 3. The summed E-state index contributed by atoms with van der Waals surface area (Å²) in [6.07, 6.45) is 4.22. The van der Waals surface area contributed by atoms with Gasteiger partial charge in [0.15, 0.2) is 0 Å². The lowest BCUT2D eigenvalue weighted by atomic mass is 9.91. The van der Waals surface area contributed by atoms with Gasteiger partial charge >= 0.3 is 0 Å². The molecule has 0 bridgehead atoms. The molecule has 0 spiro atoms. The number of methoxy groups -OCH3 is 2. The van der Waals surface area contributed by atoms with Crippen molar-refractivity contribution in [3.8, 4) is 11.5 Å². The van der Waals surface area contributed by atoms with Crippen LogP contribution in [0.4, 0.5) is 11.4 Å². The van der Waals surface area contributed by atoms with Gasteiger partial charge in [-0.05, 0) is 86.7 Å². The predicted octanol–water partition coefficient (Wildman–Crippen LogP) is 4.31. The SMILES string of the molecule is COc1cccc(C(=O)Nc2cc(C(=O)NC3CCC(N)CC3)ccc2N2CCCN(C(=O)c3cccc(OC)c3)CC2)c1. The van der Waals surface area contributed by atoms with Gasteiger partial charge in [0, 0.05) is 55.0 Å². The molecular weight excluding hydrogens is 558 g/mol. The minimum absolute atomic E-state index is 0.0482. The second kappa shape index (κ2) is 14.3. The van der Waals surface area contributed by atoms with E-state index < -0.39 is 0 Å². The number of carbonyl (C=O) groups is 3. The summed E-state index contributed by atoms with van der Waals surface area (Å²) in [6, 6.07) is 19.8. The van der Waals surface area contributed by atoms with Crippen molar-refractivity contribution in [2.75, 3.05) is 50.6 Å². The van der Waals surface area contributed by atoms with Gasteiger partial charge in [0.2, 0.25) is 0 Å². The Kier molecular flexibility index (Phi) is 10.0. The number of hydrogen-bond acceptors (Lipinski definition) is 7. The fourth-order valence-electron chi connectivity index (χ4n) is 5.84. The molecule has 1 aliphatic carbocycles. The van der Waals surface area contributed by atoms with Crippen LogP contribution < -0.4 is 30.7 Å². The highest BCUT2D eigenvalue weighted by atomic mass is 16.5. The summed E-state index contributed by atoms with van der Waals surface area (Å²) in [7, 11) is 3.14. The van der Waals surface area contributed by atoms with E-state index in [0.717, 1.165) is 37.8 Å². The Bertz CT molecular complexity index is 1490. The highest BCUT2D eigenvalue weighted by molar-refractivity contribution is 6.07. The summed E-state index contributed by atoms with van der Waals surface area (Å²) in [4.78, 5) is 44.0. The molecule has 3 aromatic carbocycles. The summed E-state index contributed by atoms with van der Waals surface area (Å²) >= 11 is 0. The van der Waals surface area contributed by atoms with Gasteiger partial charge in [0.1, 0.15) is 11.5 Å². The van der Waals surface area contributed by atoms with Crippen molar-refractivity contribution >= 4 is 29.1 Å². The average Bonchev–Trinajstić information content (AvgIpc) is 3.32. The molecule has 1 saturated heterocycles. The third kappa shape index (κ3) is 7.49. The zero-order valence-electron chi connectivity index (χ0n) is 25.4. The first kappa shape index (κ1) is 30.9. The molecule has 1 aliphatic heterocycles. The topological polar surface area (TPSA) is 126 Å². The maximum absolute atomic E-state index is 13.4. The van der Waals surface area contributed by atoms with Crippen LogP contribution in [0, 0.1) is 0 Å². The molecule has 3 aromatic rings. The molecule has 2 fully saturated rings. The molecule has 0 unspecified atom stereocenters. The number of hydrogen-bond donors (Lipinski definition) is 3. The molecule has 44 heavy (non-hydrogen) atoms. The van der Waals surface area contributed by atoms with Crippen LogP contribution in [-0.4, -0.2) is 75.1 Å². The number of rotatable bonds is 8. The minimum atomic E-state index is -0.311. The number of ether oxygens (including phenoxy) is 2. The molecule has 0 radical (unpaired) electrons. The quantitative estimate of drug-likeness (QED) is 0.352. The molecule has 1 saturated carbocycles. The molecule has 10 heteroatoms. The Morgan fingerprint density at radius 3 is 2.11 bits per heavy atom. The fourth-order valence-corrected chi connectivity index (χ4v) is 5.84. The van der Waals surface area contributed by atoms with Gasteiger partial charge in [-0.1, -0.05) is 12.1 Å². The first-order valence-electron chi connectivity index (χ1n) is 15.2. The van der Waals surface area contributed by atoms with Crippen LogP contribution in [-0.2, 0) is 0 Å². The van der Waals surface area contributed by atoms with E-state index in [-0.39, 0.29) is 29.8 Å². The lowest BCUT2D eigenvalue weighted by Crippen LogP contribution is -2.40. The van der Waals surface area contributed by atoms with Gasteiger partial charge in [-0.15, -0.1) is 0 Å². The van der Waals surface area contributed by atoms with Crippen molar-refractivity contribution in [2.24, 2.45) is 5.73 Å². The average molecular weight is 600 g/mol. The molecule has 2 aliphatic rings. The van der Waals surface area contributed by atoms with E-state index in [4.69, 9.17) is 15.2 Å². The Hall–Kier alpha value is -4.57. The van der Waals surface area contributed by atoms with Crippen molar-refractivity contribution in [2.45, 2.75) is 44.2 Å². The van der Waals surface area contributed by atoms with Crippen molar-refractivity contribution in [3.05, 3.63) is 83.4 Å². The van der Waals surface area contributed by atoms with Crippen molar-refractivity contribution < 1.29 is 23.9 Å². The number of carbonyl (C=O) groups excluding carboxylic acids is 3. The molecule has 232 valence electrons. The first-order valence-corrected chi connectivity index (χ1v) is 15.2. The van der Waals surface area contributed by atoms with Gasteiger partial charge in [-0.2, -0.15) is 0 Å². The van der Waals surface area contributed by atoms with E-state index >= 15 is 0 Å². The molecule has 10 nitrogen and oxygen atoms in total. The molecule has 0 aromatic heterocycles. The largest absolute Gasteiger partial charge is 0.497 e. The van der Waals surface area contributed by atoms with Crippen LogP contribution in [0.25, 0.3) is 0 Å². The van der Waals surface area contributed by atoms with E-state index in [9.17, 15) is 14.4 Å². The van der Waals surface area contributed by atoms with Gasteiger partial charge in [0.05, 0.1) is 25.6 Å². The highest BCUT2D eigenvalue weighted by Crippen LogP contribution is 2.30. The zero-order chi connectivity index (χ0) is 31.1. The normalized spacial score (nSPS) is 18.6. The Morgan fingerprint density at radius 1 is 0.750 bits per heavy atom. The number of nitrogens with zero attached hydrogens (tertiary/aromatic N) is 2. The summed E-state index contributed by atoms with van der Waals surface area (Å²) < 4.78 is 10.6. The van der Waals surface area contributed by atoms with E-state index in [1.165, 1.54) is 0 Å². The molecule has 5 rings (SSSR count). The first-order chi connectivity index (χ1) is 21.3. The van der Waals surface area contributed by atoms with E-state index in [0.29, 0.717) is 60.1 Å². The van der Waals surface area contributed by atoms with Crippen molar-refractivity contribution in [1.82, 2.24) is 10.2 Å². The third-order valence-corrected chi connectivity index (χ3v) is 8.39. The van der Waals surface area contributed by atoms with Gasteiger partial charge in [-0.3, -0.25) is 14.4 Å². The summed E-state index contributed by atoms with van der Waals surface area (Å²) in [5.41, 5.74) is 8.85. The Morgan fingerprint density at radius 2 is 1.41 bits per heavy atom. The summed E-state index contributed by atoms with van der Waals surface area (Å²) in [6.45, 7) is 2.35. The predicted molar refractivity (Wildman–Crippen MR) is 171 cm³/mol.